The molecule has 0 aliphatic carbocycles. The number of amides is 1. The molecule has 0 N–H and O–H groups in total. The molecule has 0 saturated carbocycles. The van der Waals surface area contributed by atoms with Gasteiger partial charge in [0.05, 0.1) is 27.0 Å². The molecule has 29 heavy (non-hydrogen) atoms. The van der Waals surface area contributed by atoms with Crippen LogP contribution < -0.4 is 0 Å². The number of esters is 1. The topological polar surface area (TPSA) is 72.6 Å². The van der Waals surface area contributed by atoms with Crippen molar-refractivity contribution in [3.05, 3.63) is 62.8 Å². The number of ether oxygens (including phenoxy) is 1. The maximum atomic E-state index is 12.2. The number of rotatable bonds is 7. The minimum absolute atomic E-state index is 0.0650. The Labute approximate surface area is 182 Å². The van der Waals surface area contributed by atoms with E-state index in [0.29, 0.717) is 33.9 Å². The van der Waals surface area contributed by atoms with E-state index < -0.39 is 5.97 Å². The second kappa shape index (κ2) is 9.43. The second-order valence-electron chi connectivity index (χ2n) is 6.33. The van der Waals surface area contributed by atoms with E-state index in [-0.39, 0.29) is 18.9 Å². The first kappa shape index (κ1) is 21.4. The number of hydrogen-bond donors (Lipinski definition) is 0. The zero-order chi connectivity index (χ0) is 21.0. The van der Waals surface area contributed by atoms with Crippen molar-refractivity contribution in [2.24, 2.45) is 0 Å². The van der Waals surface area contributed by atoms with E-state index in [9.17, 15) is 9.59 Å². The Morgan fingerprint density at radius 3 is 2.72 bits per heavy atom. The molecule has 0 unspecified atom stereocenters. The van der Waals surface area contributed by atoms with Crippen LogP contribution in [0.25, 0.3) is 10.8 Å². The van der Waals surface area contributed by atoms with Gasteiger partial charge in [-0.15, -0.1) is 11.3 Å². The number of aromatic nitrogens is 1. The number of carbonyl (C=O) groups is 2. The Hall–Kier alpha value is -2.35. The lowest BCUT2D eigenvalue weighted by atomic mass is 10.2. The molecular formula is C20H18Cl2N2O4S. The molecule has 0 fully saturated rings. The summed E-state index contributed by atoms with van der Waals surface area (Å²) in [7, 11) is 1.62. The van der Waals surface area contributed by atoms with Gasteiger partial charge in [0.25, 0.3) is 5.91 Å². The standard InChI is InChI=1S/C20H18Cl2N2O4S/c1-12-16(23-20(28-12)17-4-3-7-29-17)9-19(26)27-11-18(25)24(2)10-13-5-6-14(21)15(22)8-13/h3-8H,9-11H2,1-2H3. The third kappa shape index (κ3) is 5.59. The fourth-order valence-electron chi connectivity index (χ4n) is 2.54. The molecule has 1 amide bonds. The van der Waals surface area contributed by atoms with Gasteiger partial charge in [0.2, 0.25) is 5.89 Å². The lowest BCUT2D eigenvalue weighted by molar-refractivity contribution is -0.151. The van der Waals surface area contributed by atoms with Gasteiger partial charge < -0.3 is 14.1 Å². The van der Waals surface area contributed by atoms with Crippen LogP contribution in [0.5, 0.6) is 0 Å². The highest BCUT2D eigenvalue weighted by Crippen LogP contribution is 2.26. The summed E-state index contributed by atoms with van der Waals surface area (Å²) in [6.45, 7) is 1.70. The lowest BCUT2D eigenvalue weighted by Gasteiger charge is -2.17. The minimum Gasteiger partial charge on any atom is -0.455 e. The normalized spacial score (nSPS) is 10.8. The van der Waals surface area contributed by atoms with Gasteiger partial charge in [-0.3, -0.25) is 9.59 Å². The lowest BCUT2D eigenvalue weighted by Crippen LogP contribution is -2.31. The molecule has 9 heteroatoms. The van der Waals surface area contributed by atoms with Crippen LogP contribution in [0.2, 0.25) is 10.0 Å². The zero-order valence-electron chi connectivity index (χ0n) is 15.8. The van der Waals surface area contributed by atoms with Gasteiger partial charge in [0.1, 0.15) is 5.76 Å². The van der Waals surface area contributed by atoms with Gasteiger partial charge in [0, 0.05) is 13.6 Å². The highest BCUT2D eigenvalue weighted by atomic mass is 35.5. The number of halogens is 2. The molecule has 0 atom stereocenters. The summed E-state index contributed by atoms with van der Waals surface area (Å²) in [6, 6.07) is 8.93. The van der Waals surface area contributed by atoms with Gasteiger partial charge in [-0.1, -0.05) is 35.3 Å². The molecular weight excluding hydrogens is 435 g/mol. The van der Waals surface area contributed by atoms with E-state index in [1.165, 1.54) is 16.2 Å². The fourth-order valence-corrected chi connectivity index (χ4v) is 3.51. The van der Waals surface area contributed by atoms with Crippen LogP contribution in [0.15, 0.2) is 40.1 Å². The van der Waals surface area contributed by atoms with E-state index in [0.717, 1.165) is 10.4 Å². The molecule has 0 aliphatic heterocycles. The highest BCUT2D eigenvalue weighted by Gasteiger charge is 2.18. The fraction of sp³-hybridized carbons (Fsp3) is 0.250. The molecule has 2 heterocycles. The van der Waals surface area contributed by atoms with Crippen LogP contribution in [0.4, 0.5) is 0 Å². The number of nitrogens with zero attached hydrogens (tertiary/aromatic N) is 2. The van der Waals surface area contributed by atoms with Crippen molar-refractivity contribution >= 4 is 46.4 Å². The Balaban J connectivity index is 1.51. The summed E-state index contributed by atoms with van der Waals surface area (Å²) in [5, 5.41) is 2.79. The van der Waals surface area contributed by atoms with Crippen LogP contribution in [-0.4, -0.2) is 35.4 Å². The monoisotopic (exact) mass is 452 g/mol. The number of oxazole rings is 1. The molecule has 2 aromatic heterocycles. The predicted octanol–water partition coefficient (Wildman–Crippen LogP) is 4.76. The van der Waals surface area contributed by atoms with Crippen molar-refractivity contribution in [1.29, 1.82) is 0 Å². The van der Waals surface area contributed by atoms with Crippen LogP contribution in [0.3, 0.4) is 0 Å². The average molecular weight is 453 g/mol. The maximum Gasteiger partial charge on any atom is 0.312 e. The van der Waals surface area contributed by atoms with Crippen molar-refractivity contribution in [2.45, 2.75) is 19.9 Å². The number of thiophene rings is 1. The Kier molecular flexibility index (Phi) is 6.95. The van der Waals surface area contributed by atoms with Crippen molar-refractivity contribution in [2.75, 3.05) is 13.7 Å². The largest absolute Gasteiger partial charge is 0.455 e. The first-order valence-corrected chi connectivity index (χ1v) is 10.3. The van der Waals surface area contributed by atoms with Crippen LogP contribution in [0.1, 0.15) is 17.0 Å². The summed E-state index contributed by atoms with van der Waals surface area (Å²) >= 11 is 13.4. The number of carbonyl (C=O) groups excluding carboxylic acids is 2. The smallest absolute Gasteiger partial charge is 0.312 e. The number of likely N-dealkylation sites (N-methyl/N-ethyl adjacent to an activating group) is 1. The molecule has 0 aliphatic rings. The van der Waals surface area contributed by atoms with Gasteiger partial charge >= 0.3 is 5.97 Å². The number of aryl methyl sites for hydroxylation is 1. The second-order valence-corrected chi connectivity index (χ2v) is 8.10. The quantitative estimate of drug-likeness (QED) is 0.483. The van der Waals surface area contributed by atoms with Gasteiger partial charge in [-0.05, 0) is 36.1 Å². The Morgan fingerprint density at radius 2 is 2.03 bits per heavy atom. The third-order valence-electron chi connectivity index (χ3n) is 4.12. The van der Waals surface area contributed by atoms with E-state index in [1.807, 2.05) is 17.5 Å². The Bertz CT molecular complexity index is 1020. The van der Waals surface area contributed by atoms with Crippen molar-refractivity contribution in [1.82, 2.24) is 9.88 Å². The molecule has 1 aromatic carbocycles. The summed E-state index contributed by atoms with van der Waals surface area (Å²) in [5.74, 6) is 0.141. The van der Waals surface area contributed by atoms with E-state index in [4.69, 9.17) is 32.4 Å². The number of hydrogen-bond acceptors (Lipinski definition) is 6. The molecule has 0 saturated heterocycles. The summed E-state index contributed by atoms with van der Waals surface area (Å²) in [5.41, 5.74) is 1.32. The zero-order valence-corrected chi connectivity index (χ0v) is 18.1. The van der Waals surface area contributed by atoms with Crippen molar-refractivity contribution in [3.8, 4) is 10.8 Å². The van der Waals surface area contributed by atoms with Crippen LogP contribution in [-0.2, 0) is 27.3 Å². The SMILES string of the molecule is Cc1oc(-c2cccs2)nc1CC(=O)OCC(=O)N(C)Cc1ccc(Cl)c(Cl)c1. The number of benzene rings is 1. The van der Waals surface area contributed by atoms with Crippen LogP contribution in [0, 0.1) is 6.92 Å². The van der Waals surface area contributed by atoms with E-state index in [1.54, 1.807) is 32.2 Å². The van der Waals surface area contributed by atoms with E-state index >= 15 is 0 Å². The summed E-state index contributed by atoms with van der Waals surface area (Å²) in [4.78, 5) is 31.0. The van der Waals surface area contributed by atoms with Gasteiger partial charge in [-0.25, -0.2) is 4.98 Å². The molecule has 6 nitrogen and oxygen atoms in total. The molecule has 3 rings (SSSR count). The predicted molar refractivity (Wildman–Crippen MR) is 112 cm³/mol. The first-order chi connectivity index (χ1) is 13.8. The van der Waals surface area contributed by atoms with Crippen molar-refractivity contribution < 1.29 is 18.7 Å². The van der Waals surface area contributed by atoms with Gasteiger partial charge in [-0.2, -0.15) is 0 Å². The summed E-state index contributed by atoms with van der Waals surface area (Å²) < 4.78 is 10.7. The third-order valence-corrected chi connectivity index (χ3v) is 5.72. The minimum atomic E-state index is -0.546. The van der Waals surface area contributed by atoms with E-state index in [2.05, 4.69) is 4.98 Å². The molecule has 0 radical (unpaired) electrons. The highest BCUT2D eigenvalue weighted by molar-refractivity contribution is 7.13. The van der Waals surface area contributed by atoms with Crippen molar-refractivity contribution in [3.63, 3.8) is 0 Å². The molecule has 0 spiro atoms. The van der Waals surface area contributed by atoms with Gasteiger partial charge in [0.15, 0.2) is 6.61 Å². The maximum absolute atomic E-state index is 12.2. The first-order valence-electron chi connectivity index (χ1n) is 8.67. The average Bonchev–Trinajstić information content (AvgIpc) is 3.33. The summed E-state index contributed by atoms with van der Waals surface area (Å²) in [6.07, 6.45) is -0.0650. The Morgan fingerprint density at radius 1 is 1.24 bits per heavy atom. The molecule has 3 aromatic rings. The molecule has 0 bridgehead atoms. The van der Waals surface area contributed by atoms with Crippen LogP contribution >= 0.6 is 34.5 Å². The molecule has 152 valence electrons.